The molecular weight excluding hydrogens is 488 g/mol. The van der Waals surface area contributed by atoms with Crippen molar-refractivity contribution in [2.45, 2.75) is 38.3 Å². The Bertz CT molecular complexity index is 1340. The van der Waals surface area contributed by atoms with Gasteiger partial charge in [0.05, 0.1) is 6.42 Å². The highest BCUT2D eigenvalue weighted by Crippen LogP contribution is 2.29. The van der Waals surface area contributed by atoms with Gasteiger partial charge in [-0.05, 0) is 60.7 Å². The first kappa shape index (κ1) is 26.7. The van der Waals surface area contributed by atoms with Crippen LogP contribution in [0.1, 0.15) is 28.9 Å². The molecule has 4 aromatic rings. The minimum absolute atomic E-state index is 0.0811. The SMILES string of the molecule is O=C(Cc1nccn1Cc1ccccc1)N1CCCc2cc(CCNC[C@H](O)COc3ccccc3)ccc21. The summed E-state index contributed by atoms with van der Waals surface area (Å²) in [6.07, 6.45) is 6.19. The number of rotatable bonds is 12. The molecule has 0 saturated heterocycles. The number of hydrogen-bond donors (Lipinski definition) is 2. The minimum atomic E-state index is -0.573. The highest BCUT2D eigenvalue weighted by molar-refractivity contribution is 5.95. The molecule has 0 saturated carbocycles. The zero-order valence-electron chi connectivity index (χ0n) is 22.2. The Morgan fingerprint density at radius 1 is 1.03 bits per heavy atom. The normalized spacial score (nSPS) is 13.6. The number of amides is 1. The van der Waals surface area contributed by atoms with E-state index >= 15 is 0 Å². The van der Waals surface area contributed by atoms with Crippen LogP contribution in [0.3, 0.4) is 0 Å². The first-order chi connectivity index (χ1) is 19.2. The van der Waals surface area contributed by atoms with Gasteiger partial charge in [-0.3, -0.25) is 4.79 Å². The van der Waals surface area contributed by atoms with E-state index in [-0.39, 0.29) is 18.9 Å². The van der Waals surface area contributed by atoms with Crippen LogP contribution in [-0.4, -0.2) is 52.9 Å². The maximum absolute atomic E-state index is 13.4. The summed E-state index contributed by atoms with van der Waals surface area (Å²) in [5.41, 5.74) is 4.64. The van der Waals surface area contributed by atoms with Crippen LogP contribution in [0.5, 0.6) is 5.75 Å². The van der Waals surface area contributed by atoms with Gasteiger partial charge in [0.1, 0.15) is 24.3 Å². The predicted octanol–water partition coefficient (Wildman–Crippen LogP) is 4.03. The third kappa shape index (κ3) is 7.34. The molecule has 39 heavy (non-hydrogen) atoms. The number of nitrogens with one attached hydrogen (secondary N) is 1. The minimum Gasteiger partial charge on any atom is -0.491 e. The average molecular weight is 525 g/mol. The fourth-order valence-corrected chi connectivity index (χ4v) is 5.00. The topological polar surface area (TPSA) is 79.6 Å². The number of imidazole rings is 1. The van der Waals surface area contributed by atoms with E-state index < -0.39 is 6.10 Å². The Labute approximate surface area is 230 Å². The van der Waals surface area contributed by atoms with Crippen molar-refractivity contribution in [3.8, 4) is 5.75 Å². The van der Waals surface area contributed by atoms with Gasteiger partial charge < -0.3 is 24.6 Å². The Balaban J connectivity index is 1.12. The number of carbonyl (C=O) groups excluding carboxylic acids is 1. The van der Waals surface area contributed by atoms with E-state index in [1.165, 1.54) is 16.7 Å². The number of anilines is 1. The number of ether oxygens (including phenoxy) is 1. The van der Waals surface area contributed by atoms with Gasteiger partial charge in [0.25, 0.3) is 0 Å². The maximum Gasteiger partial charge on any atom is 0.234 e. The lowest BCUT2D eigenvalue weighted by Gasteiger charge is -2.30. The van der Waals surface area contributed by atoms with Crippen molar-refractivity contribution in [1.29, 1.82) is 0 Å². The second-order valence-corrected chi connectivity index (χ2v) is 9.98. The molecule has 0 spiro atoms. The van der Waals surface area contributed by atoms with Crippen molar-refractivity contribution in [1.82, 2.24) is 14.9 Å². The number of carbonyl (C=O) groups is 1. The average Bonchev–Trinajstić information content (AvgIpc) is 3.40. The summed E-state index contributed by atoms with van der Waals surface area (Å²) >= 11 is 0. The number of aromatic nitrogens is 2. The van der Waals surface area contributed by atoms with E-state index in [1.807, 2.05) is 59.6 Å². The van der Waals surface area contributed by atoms with Gasteiger partial charge in [-0.15, -0.1) is 0 Å². The van der Waals surface area contributed by atoms with E-state index in [0.29, 0.717) is 13.1 Å². The van der Waals surface area contributed by atoms with Crippen LogP contribution in [0.15, 0.2) is 91.3 Å². The molecule has 7 heteroatoms. The standard InChI is InChI=1S/C32H36N4O3/c37-28(24-39-29-11-5-2-6-12-29)22-33-16-15-25-13-14-30-27(20-25)10-7-18-36(30)32(38)21-31-34-17-19-35(31)23-26-8-3-1-4-9-26/h1-6,8-9,11-14,17,19-20,28,33,37H,7,10,15-16,18,21-24H2/t28-/m0/s1. The van der Waals surface area contributed by atoms with Crippen molar-refractivity contribution < 1.29 is 14.6 Å². The van der Waals surface area contributed by atoms with Crippen LogP contribution >= 0.6 is 0 Å². The Hall–Kier alpha value is -3.94. The quantitative estimate of drug-likeness (QED) is 0.274. The lowest BCUT2D eigenvalue weighted by Crippen LogP contribution is -2.37. The number of aliphatic hydroxyl groups excluding tert-OH is 1. The van der Waals surface area contributed by atoms with Crippen LogP contribution in [0, 0.1) is 0 Å². The molecule has 1 amide bonds. The number of para-hydroxylation sites is 1. The van der Waals surface area contributed by atoms with Gasteiger partial charge in [-0.2, -0.15) is 0 Å². The molecular formula is C32H36N4O3. The van der Waals surface area contributed by atoms with Gasteiger partial charge in [0, 0.05) is 37.7 Å². The summed E-state index contributed by atoms with van der Waals surface area (Å²) in [6, 6.07) is 26.2. The Kier molecular flexibility index (Phi) is 9.04. The molecule has 1 aliphatic rings. The summed E-state index contributed by atoms with van der Waals surface area (Å²) in [6.45, 7) is 2.92. The number of nitrogens with zero attached hydrogens (tertiary/aromatic N) is 3. The van der Waals surface area contributed by atoms with Crippen molar-refractivity contribution in [2.75, 3.05) is 31.1 Å². The second-order valence-electron chi connectivity index (χ2n) is 9.98. The smallest absolute Gasteiger partial charge is 0.234 e. The molecule has 0 aliphatic carbocycles. The molecule has 1 aromatic heterocycles. The maximum atomic E-state index is 13.4. The van der Waals surface area contributed by atoms with Crippen LogP contribution in [0.2, 0.25) is 0 Å². The monoisotopic (exact) mass is 524 g/mol. The summed E-state index contributed by atoms with van der Waals surface area (Å²) in [4.78, 5) is 19.8. The van der Waals surface area contributed by atoms with E-state index in [2.05, 4.69) is 45.2 Å². The molecule has 0 radical (unpaired) electrons. The van der Waals surface area contributed by atoms with Gasteiger partial charge in [-0.1, -0.05) is 60.7 Å². The molecule has 1 atom stereocenters. The lowest BCUT2D eigenvalue weighted by atomic mass is 9.97. The van der Waals surface area contributed by atoms with Crippen LogP contribution in [0.25, 0.3) is 0 Å². The fraction of sp³-hybridized carbons (Fsp3) is 0.312. The molecule has 202 valence electrons. The van der Waals surface area contributed by atoms with Crippen molar-refractivity contribution in [2.24, 2.45) is 0 Å². The number of aliphatic hydroxyl groups is 1. The van der Waals surface area contributed by atoms with Gasteiger partial charge in [0.15, 0.2) is 0 Å². The zero-order valence-corrected chi connectivity index (χ0v) is 22.2. The Morgan fingerprint density at radius 2 is 1.82 bits per heavy atom. The largest absolute Gasteiger partial charge is 0.491 e. The third-order valence-electron chi connectivity index (χ3n) is 7.03. The highest BCUT2D eigenvalue weighted by atomic mass is 16.5. The fourth-order valence-electron chi connectivity index (χ4n) is 5.00. The second kappa shape index (κ2) is 13.2. The first-order valence-corrected chi connectivity index (χ1v) is 13.7. The van der Waals surface area contributed by atoms with E-state index in [9.17, 15) is 9.90 Å². The predicted molar refractivity (Wildman–Crippen MR) is 153 cm³/mol. The molecule has 5 rings (SSSR count). The van der Waals surface area contributed by atoms with Crippen molar-refractivity contribution in [3.05, 3.63) is 114 Å². The van der Waals surface area contributed by atoms with Gasteiger partial charge in [0.2, 0.25) is 5.91 Å². The van der Waals surface area contributed by atoms with Crippen LogP contribution < -0.4 is 15.0 Å². The molecule has 2 N–H and O–H groups in total. The number of aryl methyl sites for hydroxylation is 1. The van der Waals surface area contributed by atoms with E-state index in [4.69, 9.17) is 4.74 Å². The third-order valence-corrected chi connectivity index (χ3v) is 7.03. The zero-order chi connectivity index (χ0) is 26.9. The molecule has 0 bridgehead atoms. The van der Waals surface area contributed by atoms with Crippen LogP contribution in [-0.2, 0) is 30.6 Å². The Morgan fingerprint density at radius 3 is 2.64 bits per heavy atom. The molecule has 7 nitrogen and oxygen atoms in total. The summed E-state index contributed by atoms with van der Waals surface area (Å²) in [5, 5.41) is 13.5. The lowest BCUT2D eigenvalue weighted by molar-refractivity contribution is -0.118. The summed E-state index contributed by atoms with van der Waals surface area (Å²) in [7, 11) is 0. The van der Waals surface area contributed by atoms with Crippen molar-refractivity contribution >= 4 is 11.6 Å². The van der Waals surface area contributed by atoms with Gasteiger partial charge >= 0.3 is 0 Å². The molecule has 0 fully saturated rings. The first-order valence-electron chi connectivity index (χ1n) is 13.7. The summed E-state index contributed by atoms with van der Waals surface area (Å²) < 4.78 is 7.67. The van der Waals surface area contributed by atoms with E-state index in [1.54, 1.807) is 6.20 Å². The van der Waals surface area contributed by atoms with E-state index in [0.717, 1.165) is 49.6 Å². The molecule has 0 unspecified atom stereocenters. The summed E-state index contributed by atoms with van der Waals surface area (Å²) in [5.74, 6) is 1.63. The number of benzene rings is 3. The van der Waals surface area contributed by atoms with Crippen molar-refractivity contribution in [3.63, 3.8) is 0 Å². The number of hydrogen-bond acceptors (Lipinski definition) is 5. The number of fused-ring (bicyclic) bond motifs is 1. The molecule has 1 aliphatic heterocycles. The van der Waals surface area contributed by atoms with Gasteiger partial charge in [-0.25, -0.2) is 4.98 Å². The highest BCUT2D eigenvalue weighted by Gasteiger charge is 2.24. The molecule has 2 heterocycles. The molecule has 3 aromatic carbocycles. The van der Waals surface area contributed by atoms with Crippen LogP contribution in [0.4, 0.5) is 5.69 Å².